The third-order valence-corrected chi connectivity index (χ3v) is 7.20. The van der Waals surface area contributed by atoms with Crippen molar-refractivity contribution in [1.29, 1.82) is 5.26 Å². The molecule has 3 aromatic rings. The number of para-hydroxylation sites is 1. The zero-order chi connectivity index (χ0) is 27.2. The number of hydrogen-bond acceptors (Lipinski definition) is 7. The van der Waals surface area contributed by atoms with Gasteiger partial charge in [0, 0.05) is 22.5 Å². The van der Waals surface area contributed by atoms with Crippen molar-refractivity contribution in [2.24, 2.45) is 0 Å². The molecule has 0 radical (unpaired) electrons. The number of nitrogens with zero attached hydrogens (tertiary/aromatic N) is 1. The fourth-order valence-electron chi connectivity index (χ4n) is 4.21. The number of nitriles is 1. The van der Waals surface area contributed by atoms with E-state index in [-0.39, 0.29) is 28.9 Å². The summed E-state index contributed by atoms with van der Waals surface area (Å²) in [5.74, 6) is -0.911. The normalized spacial score (nSPS) is 14.9. The number of methoxy groups -OCH3 is 1. The first-order valence-corrected chi connectivity index (χ1v) is 12.9. The summed E-state index contributed by atoms with van der Waals surface area (Å²) in [6.45, 7) is 3.72. The van der Waals surface area contributed by atoms with Gasteiger partial charge in [-0.1, -0.05) is 65.9 Å². The Labute approximate surface area is 225 Å². The molecule has 0 aliphatic carbocycles. The Balaban J connectivity index is 1.72. The molecule has 192 valence electrons. The van der Waals surface area contributed by atoms with Crippen molar-refractivity contribution in [2.45, 2.75) is 19.8 Å². The van der Waals surface area contributed by atoms with E-state index in [9.17, 15) is 20.0 Å². The number of benzene rings is 3. The third-order valence-electron chi connectivity index (χ3n) is 6.18. The Morgan fingerprint density at radius 1 is 1.08 bits per heavy atom. The number of phenols is 1. The second-order valence-electron chi connectivity index (χ2n) is 8.78. The van der Waals surface area contributed by atoms with E-state index in [1.54, 1.807) is 43.3 Å². The van der Waals surface area contributed by atoms with Gasteiger partial charge in [0.25, 0.3) is 5.91 Å². The summed E-state index contributed by atoms with van der Waals surface area (Å²) >= 11 is 1.22. The number of hydrogen-bond donors (Lipinski definition) is 3. The minimum absolute atomic E-state index is 0.0537. The summed E-state index contributed by atoms with van der Waals surface area (Å²) < 4.78 is 5.30. The van der Waals surface area contributed by atoms with Crippen LogP contribution in [0.15, 0.2) is 94.7 Å². The average Bonchev–Trinajstić information content (AvgIpc) is 2.92. The number of allylic oxidation sites excluding steroid dienone is 2. The van der Waals surface area contributed by atoms with Crippen molar-refractivity contribution < 1.29 is 19.4 Å². The molecular weight excluding hydrogens is 498 g/mol. The molecule has 0 spiro atoms. The molecule has 0 saturated carbocycles. The highest BCUT2D eigenvalue weighted by molar-refractivity contribution is 8.03. The van der Waals surface area contributed by atoms with E-state index in [2.05, 4.69) is 16.7 Å². The quantitative estimate of drug-likeness (QED) is 0.325. The lowest BCUT2D eigenvalue weighted by molar-refractivity contribution is -0.113. The predicted molar refractivity (Wildman–Crippen MR) is 149 cm³/mol. The van der Waals surface area contributed by atoms with Gasteiger partial charge >= 0.3 is 0 Å². The zero-order valence-electron chi connectivity index (χ0n) is 21.2. The van der Waals surface area contributed by atoms with Gasteiger partial charge in [0.05, 0.1) is 35.5 Å². The number of ketones is 1. The molecule has 1 aliphatic rings. The van der Waals surface area contributed by atoms with Gasteiger partial charge in [-0.15, -0.1) is 0 Å². The molecule has 0 fully saturated rings. The average molecular weight is 526 g/mol. The summed E-state index contributed by atoms with van der Waals surface area (Å²) in [7, 11) is 1.43. The lowest BCUT2D eigenvalue weighted by atomic mass is 9.82. The Kier molecular flexibility index (Phi) is 8.19. The molecule has 0 aromatic heterocycles. The highest BCUT2D eigenvalue weighted by Crippen LogP contribution is 2.43. The largest absolute Gasteiger partial charge is 0.504 e. The van der Waals surface area contributed by atoms with Gasteiger partial charge in [0.1, 0.15) is 0 Å². The first-order chi connectivity index (χ1) is 18.3. The maximum atomic E-state index is 13.5. The summed E-state index contributed by atoms with van der Waals surface area (Å²) in [4.78, 5) is 26.4. The summed E-state index contributed by atoms with van der Waals surface area (Å²) in [5, 5.41) is 27.0. The highest BCUT2D eigenvalue weighted by atomic mass is 32.2. The molecule has 4 rings (SSSR count). The van der Waals surface area contributed by atoms with Crippen molar-refractivity contribution in [2.75, 3.05) is 18.2 Å². The standard InChI is InChI=1S/C30H27N3O4S/c1-18-9-11-20(12-10-18)25(35)17-38-30-23(16-31)28(21-13-14-24(34)26(15-21)37-3)27(19(2)32-30)29(36)33-22-7-5-4-6-8-22/h4-15,28,32,34H,17H2,1-3H3,(H,33,36)/t28-/m0/s1. The van der Waals surface area contributed by atoms with Gasteiger partial charge in [0.15, 0.2) is 17.3 Å². The number of aryl methyl sites for hydroxylation is 1. The number of phenolic OH excluding ortho intramolecular Hbond substituents is 1. The molecule has 3 N–H and O–H groups in total. The maximum absolute atomic E-state index is 13.5. The number of Topliss-reactive ketones (excluding diaryl/α,β-unsaturated/α-hetero) is 1. The molecule has 1 aliphatic heterocycles. The van der Waals surface area contributed by atoms with Gasteiger partial charge in [-0.2, -0.15) is 5.26 Å². The summed E-state index contributed by atoms with van der Waals surface area (Å²) in [5.41, 5.74) is 4.07. The monoisotopic (exact) mass is 525 g/mol. The van der Waals surface area contributed by atoms with Crippen LogP contribution in [0.4, 0.5) is 5.69 Å². The van der Waals surface area contributed by atoms with E-state index in [1.165, 1.54) is 24.9 Å². The first kappa shape index (κ1) is 26.6. The van der Waals surface area contributed by atoms with Crippen LogP contribution in [-0.4, -0.2) is 29.7 Å². The first-order valence-electron chi connectivity index (χ1n) is 11.9. The maximum Gasteiger partial charge on any atom is 0.254 e. The zero-order valence-corrected chi connectivity index (χ0v) is 22.1. The summed E-state index contributed by atoms with van der Waals surface area (Å²) in [6.07, 6.45) is 0. The third kappa shape index (κ3) is 5.74. The van der Waals surface area contributed by atoms with Gasteiger partial charge < -0.3 is 20.5 Å². The molecule has 7 nitrogen and oxygen atoms in total. The van der Waals surface area contributed by atoms with Crippen molar-refractivity contribution in [3.8, 4) is 17.6 Å². The molecule has 0 saturated heterocycles. The molecule has 1 amide bonds. The van der Waals surface area contributed by atoms with Crippen LogP contribution in [0.25, 0.3) is 0 Å². The van der Waals surface area contributed by atoms with Crippen molar-refractivity contribution >= 4 is 29.1 Å². The molecular formula is C30H27N3O4S. The van der Waals surface area contributed by atoms with Crippen LogP contribution in [0.1, 0.15) is 34.3 Å². The number of thioether (sulfide) groups is 1. The van der Waals surface area contributed by atoms with E-state index >= 15 is 0 Å². The van der Waals surface area contributed by atoms with E-state index in [0.29, 0.717) is 38.7 Å². The van der Waals surface area contributed by atoms with Crippen molar-refractivity contribution in [3.63, 3.8) is 0 Å². The minimum atomic E-state index is -0.753. The van der Waals surface area contributed by atoms with Crippen LogP contribution in [0.3, 0.4) is 0 Å². The number of nitrogens with one attached hydrogen (secondary N) is 2. The molecule has 38 heavy (non-hydrogen) atoms. The number of anilines is 1. The minimum Gasteiger partial charge on any atom is -0.504 e. The van der Waals surface area contributed by atoms with E-state index in [1.807, 2.05) is 37.3 Å². The van der Waals surface area contributed by atoms with Crippen LogP contribution in [0, 0.1) is 18.3 Å². The van der Waals surface area contributed by atoms with Crippen LogP contribution in [-0.2, 0) is 4.79 Å². The topological polar surface area (TPSA) is 111 Å². The number of aromatic hydroxyl groups is 1. The van der Waals surface area contributed by atoms with Gasteiger partial charge in [0.2, 0.25) is 0 Å². The fraction of sp³-hybridized carbons (Fsp3) is 0.167. The Hall–Kier alpha value is -4.48. The predicted octanol–water partition coefficient (Wildman–Crippen LogP) is 5.66. The second kappa shape index (κ2) is 11.7. The van der Waals surface area contributed by atoms with Crippen LogP contribution in [0.5, 0.6) is 11.5 Å². The van der Waals surface area contributed by atoms with Crippen molar-refractivity contribution in [1.82, 2.24) is 5.32 Å². The number of ether oxygens (including phenoxy) is 1. The Bertz CT molecular complexity index is 1470. The van der Waals surface area contributed by atoms with Crippen LogP contribution in [0.2, 0.25) is 0 Å². The van der Waals surface area contributed by atoms with E-state index < -0.39 is 5.92 Å². The number of amides is 1. The van der Waals surface area contributed by atoms with E-state index in [0.717, 1.165) is 5.56 Å². The molecule has 0 unspecified atom stereocenters. The van der Waals surface area contributed by atoms with E-state index in [4.69, 9.17) is 4.74 Å². The lowest BCUT2D eigenvalue weighted by Gasteiger charge is -2.30. The molecule has 0 bridgehead atoms. The molecule has 1 heterocycles. The number of rotatable bonds is 8. The van der Waals surface area contributed by atoms with Crippen LogP contribution < -0.4 is 15.4 Å². The fourth-order valence-corrected chi connectivity index (χ4v) is 5.20. The summed E-state index contributed by atoms with van der Waals surface area (Å²) in [6, 6.07) is 23.4. The number of carbonyl (C=O) groups excluding carboxylic acids is 2. The molecule has 8 heteroatoms. The van der Waals surface area contributed by atoms with Gasteiger partial charge in [-0.25, -0.2) is 0 Å². The smallest absolute Gasteiger partial charge is 0.254 e. The number of carbonyl (C=O) groups is 2. The number of dihydropyridines is 1. The van der Waals surface area contributed by atoms with Gasteiger partial charge in [-0.05, 0) is 43.7 Å². The highest BCUT2D eigenvalue weighted by Gasteiger charge is 2.35. The van der Waals surface area contributed by atoms with Gasteiger partial charge in [-0.3, -0.25) is 9.59 Å². The Morgan fingerprint density at radius 2 is 1.79 bits per heavy atom. The Morgan fingerprint density at radius 3 is 2.45 bits per heavy atom. The van der Waals surface area contributed by atoms with Crippen LogP contribution >= 0.6 is 11.8 Å². The molecule has 3 aromatic carbocycles. The second-order valence-corrected chi connectivity index (χ2v) is 9.77. The molecule has 1 atom stereocenters. The lowest BCUT2D eigenvalue weighted by Crippen LogP contribution is -2.31. The SMILES string of the molecule is COc1cc([C@H]2C(C#N)=C(SCC(=O)c3ccc(C)cc3)NC(C)=C2C(=O)Nc2ccccc2)ccc1O. The van der Waals surface area contributed by atoms with Crippen molar-refractivity contribution in [3.05, 3.63) is 111 Å².